The second-order valence-corrected chi connectivity index (χ2v) is 8.30. The Morgan fingerprint density at radius 3 is 2.81 bits per heavy atom. The van der Waals surface area contributed by atoms with E-state index in [2.05, 4.69) is 20.4 Å². The fourth-order valence-electron chi connectivity index (χ4n) is 3.28. The molecule has 1 fully saturated rings. The van der Waals surface area contributed by atoms with E-state index < -0.39 is 0 Å². The van der Waals surface area contributed by atoms with Crippen LogP contribution in [-0.2, 0) is 15.3 Å². The molecule has 0 aliphatic carbocycles. The van der Waals surface area contributed by atoms with Gasteiger partial charge in [-0.3, -0.25) is 14.5 Å². The molecule has 1 N–H and O–H groups in total. The van der Waals surface area contributed by atoms with Gasteiger partial charge in [0.15, 0.2) is 0 Å². The molecule has 1 aliphatic heterocycles. The third-order valence-corrected chi connectivity index (χ3v) is 5.95. The van der Waals surface area contributed by atoms with E-state index in [-0.39, 0.29) is 11.8 Å². The molecule has 10 heteroatoms. The number of nitrogens with zero attached hydrogens (tertiary/aromatic N) is 4. The van der Waals surface area contributed by atoms with Gasteiger partial charge in [0, 0.05) is 64.5 Å². The average molecular weight is 448 g/mol. The molecular formula is C21H29N5O4S. The second kappa shape index (κ2) is 11.8. The van der Waals surface area contributed by atoms with Gasteiger partial charge in [0.05, 0.1) is 17.8 Å². The first kappa shape index (κ1) is 23.2. The van der Waals surface area contributed by atoms with Crippen LogP contribution in [0.1, 0.15) is 28.2 Å². The summed E-state index contributed by atoms with van der Waals surface area (Å²) in [5, 5.41) is 7.57. The predicted octanol–water partition coefficient (Wildman–Crippen LogP) is 1.58. The lowest BCUT2D eigenvalue weighted by molar-refractivity contribution is -0.122. The monoisotopic (exact) mass is 447 g/mol. The quantitative estimate of drug-likeness (QED) is 0.433. The molecule has 31 heavy (non-hydrogen) atoms. The standard InChI is InChI=1S/C21H29N5O4S/c1-16-13-17(24-30-16)15-31-20-18(5-3-6-23-20)21(28)26-10-8-25(9-11-26)14-19(27)22-7-4-12-29-2/h3,5-6,13H,4,7-12,14-15H2,1-2H3,(H,22,27). The van der Waals surface area contributed by atoms with Gasteiger partial charge >= 0.3 is 0 Å². The number of methoxy groups -OCH3 is 1. The summed E-state index contributed by atoms with van der Waals surface area (Å²) < 4.78 is 10.1. The number of thioether (sulfide) groups is 1. The Kier molecular flexibility index (Phi) is 8.86. The smallest absolute Gasteiger partial charge is 0.256 e. The lowest BCUT2D eigenvalue weighted by Gasteiger charge is -2.34. The third-order valence-electron chi connectivity index (χ3n) is 4.91. The molecule has 0 bridgehead atoms. The largest absolute Gasteiger partial charge is 0.385 e. The number of carbonyl (C=O) groups excluding carboxylic acids is 2. The number of hydrogen-bond donors (Lipinski definition) is 1. The molecule has 1 aliphatic rings. The summed E-state index contributed by atoms with van der Waals surface area (Å²) in [6.07, 6.45) is 2.49. The highest BCUT2D eigenvalue weighted by atomic mass is 32.2. The Hall–Kier alpha value is -2.43. The fourth-order valence-corrected chi connectivity index (χ4v) is 4.15. The number of piperazine rings is 1. The molecule has 0 aromatic carbocycles. The summed E-state index contributed by atoms with van der Waals surface area (Å²) in [4.78, 5) is 33.4. The number of aryl methyl sites for hydroxylation is 1. The lowest BCUT2D eigenvalue weighted by Crippen LogP contribution is -2.51. The Labute approximate surface area is 186 Å². The molecule has 9 nitrogen and oxygen atoms in total. The molecule has 0 radical (unpaired) electrons. The highest BCUT2D eigenvalue weighted by molar-refractivity contribution is 7.98. The molecule has 1 saturated heterocycles. The van der Waals surface area contributed by atoms with Gasteiger partial charge in [-0.2, -0.15) is 0 Å². The van der Waals surface area contributed by atoms with Crippen LogP contribution in [0.15, 0.2) is 33.9 Å². The Balaban J connectivity index is 1.48. The zero-order valence-electron chi connectivity index (χ0n) is 18.0. The minimum atomic E-state index is -0.0319. The van der Waals surface area contributed by atoms with Crippen molar-refractivity contribution in [3.8, 4) is 0 Å². The average Bonchev–Trinajstić information content (AvgIpc) is 3.20. The summed E-state index contributed by atoms with van der Waals surface area (Å²) in [5.41, 5.74) is 1.41. The van der Waals surface area contributed by atoms with Gasteiger partial charge in [0.25, 0.3) is 5.91 Å². The first-order valence-electron chi connectivity index (χ1n) is 10.3. The lowest BCUT2D eigenvalue weighted by atomic mass is 10.2. The number of rotatable bonds is 10. The van der Waals surface area contributed by atoms with Crippen LogP contribution >= 0.6 is 11.8 Å². The number of amides is 2. The Bertz CT molecular complexity index is 867. The van der Waals surface area contributed by atoms with Gasteiger partial charge in [-0.25, -0.2) is 4.98 Å². The second-order valence-electron chi connectivity index (χ2n) is 7.34. The first-order chi connectivity index (χ1) is 15.1. The molecule has 3 heterocycles. The highest BCUT2D eigenvalue weighted by Crippen LogP contribution is 2.25. The van der Waals surface area contributed by atoms with Crippen molar-refractivity contribution in [2.45, 2.75) is 24.1 Å². The van der Waals surface area contributed by atoms with Gasteiger partial charge in [-0.05, 0) is 25.5 Å². The van der Waals surface area contributed by atoms with E-state index in [1.54, 1.807) is 19.4 Å². The van der Waals surface area contributed by atoms with Crippen molar-refractivity contribution >= 4 is 23.6 Å². The number of aromatic nitrogens is 2. The van der Waals surface area contributed by atoms with Crippen LogP contribution in [0, 0.1) is 6.92 Å². The van der Waals surface area contributed by atoms with Crippen molar-refractivity contribution in [3.05, 3.63) is 41.4 Å². The molecule has 3 rings (SSSR count). The third kappa shape index (κ3) is 7.05. The Morgan fingerprint density at radius 2 is 2.10 bits per heavy atom. The summed E-state index contributed by atoms with van der Waals surface area (Å²) in [6, 6.07) is 5.47. The minimum absolute atomic E-state index is 0.00455. The number of ether oxygens (including phenoxy) is 1. The van der Waals surface area contributed by atoms with Crippen molar-refractivity contribution in [1.29, 1.82) is 0 Å². The first-order valence-corrected chi connectivity index (χ1v) is 11.3. The number of hydrogen-bond acceptors (Lipinski definition) is 8. The maximum atomic E-state index is 13.1. The fraction of sp³-hybridized carbons (Fsp3) is 0.524. The van der Waals surface area contributed by atoms with E-state index in [9.17, 15) is 9.59 Å². The SMILES string of the molecule is COCCCNC(=O)CN1CCN(C(=O)c2cccnc2SCc2cc(C)on2)CC1. The molecule has 168 valence electrons. The molecule has 2 aromatic rings. The van der Waals surface area contributed by atoms with Gasteiger partial charge in [-0.1, -0.05) is 16.9 Å². The molecule has 2 amide bonds. The Morgan fingerprint density at radius 1 is 1.29 bits per heavy atom. The van der Waals surface area contributed by atoms with E-state index >= 15 is 0 Å². The minimum Gasteiger partial charge on any atom is -0.385 e. The van der Waals surface area contributed by atoms with Crippen LogP contribution in [0.3, 0.4) is 0 Å². The number of nitrogens with one attached hydrogen (secondary N) is 1. The van der Waals surface area contributed by atoms with Crippen LogP contribution in [-0.4, -0.2) is 84.7 Å². The molecule has 0 atom stereocenters. The summed E-state index contributed by atoms with van der Waals surface area (Å²) in [6.45, 7) is 5.93. The molecular weight excluding hydrogens is 418 g/mol. The molecule has 2 aromatic heterocycles. The van der Waals surface area contributed by atoms with Crippen LogP contribution in [0.5, 0.6) is 0 Å². The van der Waals surface area contributed by atoms with Gasteiger partial charge in [0.2, 0.25) is 5.91 Å². The van der Waals surface area contributed by atoms with E-state index in [1.165, 1.54) is 11.8 Å². The van der Waals surface area contributed by atoms with Crippen molar-refractivity contribution in [2.75, 3.05) is 53.0 Å². The van der Waals surface area contributed by atoms with E-state index in [0.717, 1.165) is 17.9 Å². The van der Waals surface area contributed by atoms with Gasteiger partial charge in [-0.15, -0.1) is 0 Å². The zero-order valence-corrected chi connectivity index (χ0v) is 18.8. The maximum Gasteiger partial charge on any atom is 0.256 e. The summed E-state index contributed by atoms with van der Waals surface area (Å²) in [5.74, 6) is 1.32. The van der Waals surface area contributed by atoms with Crippen LogP contribution in [0.4, 0.5) is 0 Å². The summed E-state index contributed by atoms with van der Waals surface area (Å²) >= 11 is 1.47. The predicted molar refractivity (Wildman–Crippen MR) is 117 cm³/mol. The van der Waals surface area contributed by atoms with Crippen molar-refractivity contribution in [1.82, 2.24) is 25.3 Å². The van der Waals surface area contributed by atoms with Crippen molar-refractivity contribution < 1.29 is 18.8 Å². The normalized spacial score (nSPS) is 14.6. The van der Waals surface area contributed by atoms with Crippen LogP contribution in [0.25, 0.3) is 0 Å². The van der Waals surface area contributed by atoms with Crippen LogP contribution < -0.4 is 5.32 Å². The molecule has 0 unspecified atom stereocenters. The van der Waals surface area contributed by atoms with Crippen molar-refractivity contribution in [3.63, 3.8) is 0 Å². The number of pyridine rings is 1. The molecule has 0 spiro atoms. The summed E-state index contributed by atoms with van der Waals surface area (Å²) in [7, 11) is 1.65. The zero-order chi connectivity index (χ0) is 22.1. The topological polar surface area (TPSA) is 101 Å². The van der Waals surface area contributed by atoms with Crippen molar-refractivity contribution in [2.24, 2.45) is 0 Å². The van der Waals surface area contributed by atoms with Gasteiger partial charge in [0.1, 0.15) is 10.8 Å². The van der Waals surface area contributed by atoms with E-state index in [1.807, 2.05) is 24.0 Å². The number of carbonyl (C=O) groups is 2. The van der Waals surface area contributed by atoms with E-state index in [0.29, 0.717) is 62.2 Å². The van der Waals surface area contributed by atoms with E-state index in [4.69, 9.17) is 9.26 Å². The van der Waals surface area contributed by atoms with Crippen LogP contribution in [0.2, 0.25) is 0 Å². The maximum absolute atomic E-state index is 13.1. The highest BCUT2D eigenvalue weighted by Gasteiger charge is 2.25. The van der Waals surface area contributed by atoms with Gasteiger partial charge < -0.3 is 19.5 Å². The molecule has 0 saturated carbocycles.